The van der Waals surface area contributed by atoms with Crippen LogP contribution in [0.5, 0.6) is 0 Å². The summed E-state index contributed by atoms with van der Waals surface area (Å²) < 4.78 is 6.70. The Morgan fingerprint density at radius 3 is 3.00 bits per heavy atom. The fraction of sp³-hybridized carbons (Fsp3) is 0.0625. The Bertz CT molecular complexity index is 1030. The van der Waals surface area contributed by atoms with Crippen LogP contribution in [0.3, 0.4) is 0 Å². The molecule has 4 aromatic rings. The number of fused-ring (bicyclic) bond motifs is 1. The number of aryl methyl sites for hydroxylation is 1. The lowest BCUT2D eigenvalue weighted by Gasteiger charge is -2.00. The number of oxazole rings is 1. The van der Waals surface area contributed by atoms with Crippen molar-refractivity contribution in [2.45, 2.75) is 0 Å². The van der Waals surface area contributed by atoms with Crippen molar-refractivity contribution in [1.29, 1.82) is 0 Å². The van der Waals surface area contributed by atoms with Crippen molar-refractivity contribution in [3.05, 3.63) is 58.5 Å². The molecule has 0 radical (unpaired) electrons. The zero-order valence-electron chi connectivity index (χ0n) is 12.2. The van der Waals surface area contributed by atoms with Crippen molar-refractivity contribution >= 4 is 33.4 Å². The molecule has 0 aliphatic rings. The molecule has 0 aliphatic heterocycles. The van der Waals surface area contributed by atoms with E-state index in [1.807, 2.05) is 41.8 Å². The molecule has 0 fully saturated rings. The molecule has 0 amide bonds. The lowest BCUT2D eigenvalue weighted by Crippen LogP contribution is -2.08. The normalized spacial score (nSPS) is 11.0. The molecule has 6 nitrogen and oxygen atoms in total. The first kappa shape index (κ1) is 13.7. The monoisotopic (exact) mass is 324 g/mol. The molecular weight excluding hydrogens is 312 g/mol. The van der Waals surface area contributed by atoms with Crippen LogP contribution in [-0.4, -0.2) is 14.5 Å². The topological polar surface area (TPSA) is 73.0 Å². The van der Waals surface area contributed by atoms with Crippen LogP contribution in [0.1, 0.15) is 0 Å². The Kier molecular flexibility index (Phi) is 3.20. The highest BCUT2D eigenvalue weighted by Gasteiger charge is 2.10. The Morgan fingerprint density at radius 1 is 1.26 bits per heavy atom. The van der Waals surface area contributed by atoms with E-state index < -0.39 is 0 Å². The number of aromatic nitrogens is 3. The zero-order chi connectivity index (χ0) is 15.8. The van der Waals surface area contributed by atoms with Gasteiger partial charge in [-0.05, 0) is 24.3 Å². The quantitative estimate of drug-likeness (QED) is 0.625. The third-order valence-corrected chi connectivity index (χ3v) is 4.25. The Hall–Kier alpha value is -2.93. The highest BCUT2D eigenvalue weighted by molar-refractivity contribution is 7.14. The molecule has 0 saturated carbocycles. The smallest absolute Gasteiger partial charge is 0.408 e. The molecule has 0 unspecified atom stereocenters. The Labute approximate surface area is 135 Å². The van der Waals surface area contributed by atoms with Crippen LogP contribution in [-0.2, 0) is 7.05 Å². The van der Waals surface area contributed by atoms with Gasteiger partial charge in [0.2, 0.25) is 0 Å². The molecule has 23 heavy (non-hydrogen) atoms. The number of hydrogen-bond donors (Lipinski definition) is 1. The minimum absolute atomic E-state index is 0.368. The average molecular weight is 324 g/mol. The van der Waals surface area contributed by atoms with E-state index in [0.717, 1.165) is 27.7 Å². The van der Waals surface area contributed by atoms with Gasteiger partial charge in [-0.2, -0.15) is 0 Å². The van der Waals surface area contributed by atoms with E-state index in [1.54, 1.807) is 13.2 Å². The summed E-state index contributed by atoms with van der Waals surface area (Å²) in [6.45, 7) is 0. The van der Waals surface area contributed by atoms with Crippen molar-refractivity contribution in [2.24, 2.45) is 7.05 Å². The Morgan fingerprint density at radius 2 is 2.17 bits per heavy atom. The van der Waals surface area contributed by atoms with Gasteiger partial charge in [-0.1, -0.05) is 12.1 Å². The van der Waals surface area contributed by atoms with Crippen LogP contribution in [0.15, 0.2) is 57.2 Å². The van der Waals surface area contributed by atoms with E-state index in [0.29, 0.717) is 5.58 Å². The van der Waals surface area contributed by atoms with Crippen molar-refractivity contribution < 1.29 is 4.42 Å². The van der Waals surface area contributed by atoms with Gasteiger partial charge in [0.05, 0.1) is 11.2 Å². The maximum atomic E-state index is 11.6. The number of pyridine rings is 1. The maximum Gasteiger partial charge on any atom is 0.419 e. The first-order chi connectivity index (χ1) is 11.2. The van der Waals surface area contributed by atoms with Crippen LogP contribution in [0.2, 0.25) is 0 Å². The van der Waals surface area contributed by atoms with Gasteiger partial charge < -0.3 is 9.73 Å². The van der Waals surface area contributed by atoms with E-state index in [1.165, 1.54) is 15.9 Å². The standard InChI is InChI=1S/C16H12N4O2S/c1-20-12-6-5-10(8-13(12)22-16(20)21)11-9-23-15(18-11)19-14-4-2-3-7-17-14/h2-9H,1H3,(H,17,18,19). The molecule has 3 heterocycles. The van der Waals surface area contributed by atoms with Crippen molar-refractivity contribution in [1.82, 2.24) is 14.5 Å². The fourth-order valence-corrected chi connectivity index (χ4v) is 3.03. The van der Waals surface area contributed by atoms with E-state index >= 15 is 0 Å². The third-order valence-electron chi connectivity index (χ3n) is 3.49. The van der Waals surface area contributed by atoms with Gasteiger partial charge in [0.1, 0.15) is 5.82 Å². The highest BCUT2D eigenvalue weighted by atomic mass is 32.1. The number of nitrogens with one attached hydrogen (secondary N) is 1. The summed E-state index contributed by atoms with van der Waals surface area (Å²) in [5, 5.41) is 5.87. The van der Waals surface area contributed by atoms with Crippen molar-refractivity contribution in [2.75, 3.05) is 5.32 Å². The predicted molar refractivity (Wildman–Crippen MR) is 90.1 cm³/mol. The first-order valence-electron chi connectivity index (χ1n) is 6.94. The van der Waals surface area contributed by atoms with E-state index in [-0.39, 0.29) is 5.76 Å². The van der Waals surface area contributed by atoms with Crippen molar-refractivity contribution in [3.63, 3.8) is 0 Å². The average Bonchev–Trinajstić information content (AvgIpc) is 3.14. The maximum absolute atomic E-state index is 11.6. The van der Waals surface area contributed by atoms with Crippen LogP contribution in [0, 0.1) is 0 Å². The molecule has 0 bridgehead atoms. The fourth-order valence-electron chi connectivity index (χ4n) is 2.30. The second-order valence-corrected chi connectivity index (χ2v) is 5.85. The van der Waals surface area contributed by atoms with Crippen LogP contribution < -0.4 is 11.1 Å². The number of hydrogen-bond acceptors (Lipinski definition) is 6. The van der Waals surface area contributed by atoms with Crippen molar-refractivity contribution in [3.8, 4) is 11.3 Å². The minimum atomic E-state index is -0.368. The molecule has 0 spiro atoms. The van der Waals surface area contributed by atoms with Gasteiger partial charge in [-0.15, -0.1) is 11.3 Å². The lowest BCUT2D eigenvalue weighted by molar-refractivity contribution is 0.528. The molecule has 1 aromatic carbocycles. The summed E-state index contributed by atoms with van der Waals surface area (Å²) in [4.78, 5) is 20.3. The minimum Gasteiger partial charge on any atom is -0.408 e. The number of thiazole rings is 1. The zero-order valence-corrected chi connectivity index (χ0v) is 13.0. The molecular formula is C16H12N4O2S. The van der Waals surface area contributed by atoms with Gasteiger partial charge in [-0.25, -0.2) is 14.8 Å². The number of rotatable bonds is 3. The van der Waals surface area contributed by atoms with Gasteiger partial charge >= 0.3 is 5.76 Å². The molecule has 7 heteroatoms. The van der Waals surface area contributed by atoms with E-state index in [9.17, 15) is 4.79 Å². The number of benzene rings is 1. The Balaban J connectivity index is 1.67. The molecule has 0 aliphatic carbocycles. The summed E-state index contributed by atoms with van der Waals surface area (Å²) in [5.74, 6) is 0.380. The van der Waals surface area contributed by atoms with Crippen LogP contribution >= 0.6 is 11.3 Å². The first-order valence-corrected chi connectivity index (χ1v) is 7.82. The lowest BCUT2D eigenvalue weighted by atomic mass is 10.1. The second kappa shape index (κ2) is 5.36. The summed E-state index contributed by atoms with van der Waals surface area (Å²) in [6.07, 6.45) is 1.72. The van der Waals surface area contributed by atoms with Gasteiger partial charge in [0.15, 0.2) is 10.7 Å². The summed E-state index contributed by atoms with van der Waals surface area (Å²) in [5.41, 5.74) is 3.04. The molecule has 3 aromatic heterocycles. The molecule has 0 atom stereocenters. The summed E-state index contributed by atoms with van der Waals surface area (Å²) >= 11 is 1.49. The molecule has 4 rings (SSSR count). The predicted octanol–water partition coefficient (Wildman–Crippen LogP) is 3.39. The van der Waals surface area contributed by atoms with E-state index in [4.69, 9.17) is 4.42 Å². The van der Waals surface area contributed by atoms with Crippen LogP contribution in [0.25, 0.3) is 22.4 Å². The molecule has 114 valence electrons. The largest absolute Gasteiger partial charge is 0.419 e. The van der Waals surface area contributed by atoms with Gasteiger partial charge in [0, 0.05) is 24.2 Å². The number of anilines is 2. The van der Waals surface area contributed by atoms with Gasteiger partial charge in [0.25, 0.3) is 0 Å². The molecule has 0 saturated heterocycles. The summed E-state index contributed by atoms with van der Waals surface area (Å²) in [6, 6.07) is 11.3. The van der Waals surface area contributed by atoms with Crippen LogP contribution in [0.4, 0.5) is 10.9 Å². The summed E-state index contributed by atoms with van der Waals surface area (Å²) in [7, 11) is 1.69. The highest BCUT2D eigenvalue weighted by Crippen LogP contribution is 2.28. The van der Waals surface area contributed by atoms with Gasteiger partial charge in [-0.3, -0.25) is 4.57 Å². The number of nitrogens with zero attached hydrogens (tertiary/aromatic N) is 3. The third kappa shape index (κ3) is 2.51. The second-order valence-electron chi connectivity index (χ2n) is 4.99. The van der Waals surface area contributed by atoms with E-state index in [2.05, 4.69) is 15.3 Å². The SMILES string of the molecule is Cn1c(=O)oc2cc(-c3csc(Nc4ccccn4)n3)ccc21. The molecule has 1 N–H and O–H groups in total.